The highest BCUT2D eigenvalue weighted by Gasteiger charge is 2.34. The van der Waals surface area contributed by atoms with E-state index in [1.54, 1.807) is 6.07 Å². The Kier molecular flexibility index (Phi) is 5.82. The lowest BCUT2D eigenvalue weighted by Gasteiger charge is -2.22. The maximum atomic E-state index is 13.4. The molecule has 0 radical (unpaired) electrons. The fourth-order valence-electron chi connectivity index (χ4n) is 4.26. The van der Waals surface area contributed by atoms with Crippen LogP contribution in [-0.2, 0) is 20.7 Å². The molecule has 2 atom stereocenters. The van der Waals surface area contributed by atoms with Crippen LogP contribution in [0.3, 0.4) is 0 Å². The molecule has 0 bridgehead atoms. The Balaban J connectivity index is 1.49. The number of carbonyl (C=O) groups is 2. The van der Waals surface area contributed by atoms with Crippen molar-refractivity contribution in [2.24, 2.45) is 5.92 Å². The number of hydrogen-bond donors (Lipinski definition) is 1. The first-order chi connectivity index (χ1) is 15.0. The summed E-state index contributed by atoms with van der Waals surface area (Å²) in [6, 6.07) is 20.7. The first kappa shape index (κ1) is 20.8. The van der Waals surface area contributed by atoms with Crippen LogP contribution in [-0.4, -0.2) is 24.6 Å². The summed E-state index contributed by atoms with van der Waals surface area (Å²) in [5, 5.41) is 11.7. The molecule has 0 fully saturated rings. The van der Waals surface area contributed by atoms with Gasteiger partial charge >= 0.3 is 5.97 Å². The quantitative estimate of drug-likeness (QED) is 0.466. The molecule has 31 heavy (non-hydrogen) atoms. The average molecular weight is 419 g/mol. The average Bonchev–Trinajstić information content (AvgIpc) is 3.06. The number of benzene rings is 3. The van der Waals surface area contributed by atoms with Crippen molar-refractivity contribution in [3.63, 3.8) is 0 Å². The van der Waals surface area contributed by atoms with E-state index in [2.05, 4.69) is 5.73 Å². The van der Waals surface area contributed by atoms with E-state index in [0.717, 1.165) is 22.3 Å². The highest BCUT2D eigenvalue weighted by atomic mass is 19.1. The van der Waals surface area contributed by atoms with E-state index in [1.807, 2.05) is 48.5 Å². The van der Waals surface area contributed by atoms with Crippen molar-refractivity contribution in [1.29, 1.82) is 0 Å². The molecule has 1 aliphatic carbocycles. The van der Waals surface area contributed by atoms with Gasteiger partial charge < -0.3 is 20.4 Å². The van der Waals surface area contributed by atoms with Crippen molar-refractivity contribution >= 4 is 11.9 Å². The SMILES string of the molecule is [NH3+][C@H](Cc1cccc(F)c1)[C@H](C(=O)[O-])C(=O)OCC1c2ccccc2-c2ccccc21. The van der Waals surface area contributed by atoms with Gasteiger partial charge in [-0.1, -0.05) is 60.7 Å². The highest BCUT2D eigenvalue weighted by molar-refractivity contribution is 5.93. The van der Waals surface area contributed by atoms with Gasteiger partial charge in [-0.2, -0.15) is 0 Å². The van der Waals surface area contributed by atoms with Crippen molar-refractivity contribution in [3.05, 3.63) is 95.3 Å². The Labute approximate surface area is 179 Å². The standard InChI is InChI=1S/C25H22FNO4/c26-16-7-5-6-15(12-16)13-22(27)23(24(28)29)25(30)31-14-21-19-10-3-1-8-17(19)18-9-2-4-11-20(18)21/h1-12,21-23H,13-14,27H2,(H,28,29)/t22-,23-/m1/s1. The van der Waals surface area contributed by atoms with E-state index in [4.69, 9.17) is 4.74 Å². The van der Waals surface area contributed by atoms with Crippen LogP contribution in [0.5, 0.6) is 0 Å². The summed E-state index contributed by atoms with van der Waals surface area (Å²) in [5.41, 5.74) is 8.60. The molecule has 0 aromatic heterocycles. The number of hydrogen-bond acceptors (Lipinski definition) is 4. The molecule has 0 saturated carbocycles. The fraction of sp³-hybridized carbons (Fsp3) is 0.200. The zero-order chi connectivity index (χ0) is 22.0. The van der Waals surface area contributed by atoms with Crippen LogP contribution in [0.4, 0.5) is 4.39 Å². The van der Waals surface area contributed by atoms with Crippen LogP contribution >= 0.6 is 0 Å². The number of carboxylic acid groups (broad SMARTS) is 1. The first-order valence-corrected chi connectivity index (χ1v) is 10.1. The van der Waals surface area contributed by atoms with E-state index in [9.17, 15) is 19.1 Å². The van der Waals surface area contributed by atoms with Crippen molar-refractivity contribution in [2.45, 2.75) is 18.4 Å². The van der Waals surface area contributed by atoms with Gasteiger partial charge in [0.25, 0.3) is 0 Å². The summed E-state index contributed by atoms with van der Waals surface area (Å²) in [4.78, 5) is 24.4. The molecular weight excluding hydrogens is 397 g/mol. The molecule has 0 spiro atoms. The minimum absolute atomic E-state index is 0.0172. The molecule has 5 nitrogen and oxygen atoms in total. The lowest BCUT2D eigenvalue weighted by atomic mass is 9.94. The number of halogens is 1. The second-order valence-electron chi connectivity index (χ2n) is 7.75. The van der Waals surface area contributed by atoms with Crippen LogP contribution < -0.4 is 10.8 Å². The summed E-state index contributed by atoms with van der Waals surface area (Å²) >= 11 is 0. The molecule has 0 aliphatic heterocycles. The Morgan fingerprint density at radius 1 is 0.968 bits per heavy atom. The molecule has 0 saturated heterocycles. The van der Waals surface area contributed by atoms with Crippen LogP contribution in [0.25, 0.3) is 11.1 Å². The molecule has 3 N–H and O–H groups in total. The molecule has 3 aromatic carbocycles. The predicted octanol–water partition coefficient (Wildman–Crippen LogP) is 1.70. The van der Waals surface area contributed by atoms with E-state index < -0.39 is 29.7 Å². The Bertz CT molecular complexity index is 1080. The number of carbonyl (C=O) groups excluding carboxylic acids is 2. The van der Waals surface area contributed by atoms with E-state index in [1.165, 1.54) is 18.2 Å². The molecule has 0 unspecified atom stereocenters. The highest BCUT2D eigenvalue weighted by Crippen LogP contribution is 2.44. The Morgan fingerprint density at radius 3 is 2.16 bits per heavy atom. The normalized spacial score (nSPS) is 14.4. The lowest BCUT2D eigenvalue weighted by Crippen LogP contribution is -2.69. The van der Waals surface area contributed by atoms with E-state index in [0.29, 0.717) is 5.56 Å². The maximum absolute atomic E-state index is 13.4. The van der Waals surface area contributed by atoms with Crippen molar-refractivity contribution < 1.29 is 29.6 Å². The zero-order valence-corrected chi connectivity index (χ0v) is 16.8. The summed E-state index contributed by atoms with van der Waals surface area (Å²) < 4.78 is 18.9. The van der Waals surface area contributed by atoms with Crippen molar-refractivity contribution in [2.75, 3.05) is 6.61 Å². The predicted molar refractivity (Wildman–Crippen MR) is 110 cm³/mol. The third kappa shape index (κ3) is 4.20. The van der Waals surface area contributed by atoms with E-state index in [-0.39, 0.29) is 18.9 Å². The minimum atomic E-state index is -1.55. The molecule has 0 heterocycles. The number of ether oxygens (including phenoxy) is 1. The van der Waals surface area contributed by atoms with Gasteiger partial charge in [-0.15, -0.1) is 0 Å². The van der Waals surface area contributed by atoms with Gasteiger partial charge in [0.15, 0.2) is 0 Å². The molecule has 4 rings (SSSR count). The van der Waals surface area contributed by atoms with Crippen LogP contribution in [0.1, 0.15) is 22.6 Å². The van der Waals surface area contributed by atoms with Gasteiger partial charge in [0.05, 0.1) is 5.97 Å². The monoisotopic (exact) mass is 419 g/mol. The Morgan fingerprint density at radius 2 is 1.58 bits per heavy atom. The topological polar surface area (TPSA) is 94.1 Å². The molecule has 1 aliphatic rings. The fourth-order valence-corrected chi connectivity index (χ4v) is 4.26. The maximum Gasteiger partial charge on any atom is 0.320 e. The zero-order valence-electron chi connectivity index (χ0n) is 16.8. The van der Waals surface area contributed by atoms with Crippen molar-refractivity contribution in [3.8, 4) is 11.1 Å². The summed E-state index contributed by atoms with van der Waals surface area (Å²) in [5.74, 6) is -4.59. The number of aliphatic carboxylic acids is 1. The number of quaternary nitrogens is 1. The van der Waals surface area contributed by atoms with Crippen LogP contribution in [0.2, 0.25) is 0 Å². The summed E-state index contributed by atoms with van der Waals surface area (Å²) in [6.45, 7) is 0.0172. The summed E-state index contributed by atoms with van der Waals surface area (Å²) in [7, 11) is 0. The van der Waals surface area contributed by atoms with Gasteiger partial charge in [0, 0.05) is 12.3 Å². The van der Waals surface area contributed by atoms with Gasteiger partial charge in [-0.25, -0.2) is 4.39 Å². The minimum Gasteiger partial charge on any atom is -0.549 e. The third-order valence-electron chi connectivity index (χ3n) is 5.72. The summed E-state index contributed by atoms with van der Waals surface area (Å²) in [6.07, 6.45) is 0.112. The molecular formula is C25H22FNO4. The second-order valence-corrected chi connectivity index (χ2v) is 7.75. The van der Waals surface area contributed by atoms with Gasteiger partial charge in [0.2, 0.25) is 0 Å². The number of rotatable bonds is 7. The number of esters is 1. The van der Waals surface area contributed by atoms with Crippen LogP contribution in [0, 0.1) is 11.7 Å². The molecule has 158 valence electrons. The third-order valence-corrected chi connectivity index (χ3v) is 5.72. The smallest absolute Gasteiger partial charge is 0.320 e. The second kappa shape index (κ2) is 8.70. The van der Waals surface area contributed by atoms with Gasteiger partial charge in [-0.3, -0.25) is 4.79 Å². The van der Waals surface area contributed by atoms with Gasteiger partial charge in [-0.05, 0) is 39.9 Å². The molecule has 3 aromatic rings. The first-order valence-electron chi connectivity index (χ1n) is 10.1. The molecule has 0 amide bonds. The number of fused-ring (bicyclic) bond motifs is 3. The molecule has 6 heteroatoms. The van der Waals surface area contributed by atoms with Crippen LogP contribution in [0.15, 0.2) is 72.8 Å². The Hall–Kier alpha value is -3.51. The number of carboxylic acids is 1. The lowest BCUT2D eigenvalue weighted by molar-refractivity contribution is -0.433. The van der Waals surface area contributed by atoms with Crippen molar-refractivity contribution in [1.82, 2.24) is 0 Å². The van der Waals surface area contributed by atoms with E-state index >= 15 is 0 Å². The largest absolute Gasteiger partial charge is 0.549 e. The van der Waals surface area contributed by atoms with Gasteiger partial charge in [0.1, 0.15) is 24.4 Å².